The number of fused-ring (bicyclic) bond motifs is 1. The Morgan fingerprint density at radius 2 is 1.95 bits per heavy atom. The van der Waals surface area contributed by atoms with Gasteiger partial charge in [0.25, 0.3) is 0 Å². The minimum Gasteiger partial charge on any atom is -0.466 e. The van der Waals surface area contributed by atoms with Crippen LogP contribution in [0.5, 0.6) is 0 Å². The number of nitrogens with one attached hydrogen (secondary N) is 1. The van der Waals surface area contributed by atoms with Gasteiger partial charge in [-0.3, -0.25) is 4.79 Å². The number of carbonyl (C=O) groups excluding carboxylic acids is 1. The van der Waals surface area contributed by atoms with Gasteiger partial charge in [0.15, 0.2) is 0 Å². The second-order valence-corrected chi connectivity index (χ2v) is 4.88. The van der Waals surface area contributed by atoms with Gasteiger partial charge in [-0.05, 0) is 36.7 Å². The SMILES string of the molecule is CCOC(=O)CC(Cc1ccc2ccccc2c1)NC. The predicted molar refractivity (Wildman–Crippen MR) is 81.7 cm³/mol. The Morgan fingerprint density at radius 3 is 2.65 bits per heavy atom. The molecule has 3 heteroatoms. The molecule has 3 nitrogen and oxygen atoms in total. The Kier molecular flexibility index (Phi) is 5.13. The highest BCUT2D eigenvalue weighted by Crippen LogP contribution is 2.17. The first kappa shape index (κ1) is 14.5. The first-order valence-electron chi connectivity index (χ1n) is 7.03. The van der Waals surface area contributed by atoms with Crippen molar-refractivity contribution in [2.24, 2.45) is 0 Å². The average molecular weight is 271 g/mol. The molecule has 1 atom stereocenters. The zero-order chi connectivity index (χ0) is 14.4. The summed E-state index contributed by atoms with van der Waals surface area (Å²) in [4.78, 5) is 11.6. The van der Waals surface area contributed by atoms with Crippen molar-refractivity contribution in [2.45, 2.75) is 25.8 Å². The van der Waals surface area contributed by atoms with Crippen molar-refractivity contribution in [3.05, 3.63) is 48.0 Å². The van der Waals surface area contributed by atoms with Crippen LogP contribution < -0.4 is 5.32 Å². The summed E-state index contributed by atoms with van der Waals surface area (Å²) in [6.45, 7) is 2.26. The van der Waals surface area contributed by atoms with Crippen LogP contribution >= 0.6 is 0 Å². The molecule has 0 aliphatic carbocycles. The Hall–Kier alpha value is -1.87. The molecule has 0 fully saturated rings. The molecule has 1 N–H and O–H groups in total. The van der Waals surface area contributed by atoms with E-state index in [4.69, 9.17) is 4.74 Å². The fourth-order valence-electron chi connectivity index (χ4n) is 2.35. The van der Waals surface area contributed by atoms with Crippen LogP contribution in [0.3, 0.4) is 0 Å². The van der Waals surface area contributed by atoms with E-state index in [1.807, 2.05) is 26.1 Å². The summed E-state index contributed by atoms with van der Waals surface area (Å²) < 4.78 is 5.00. The molecule has 106 valence electrons. The molecule has 0 radical (unpaired) electrons. The van der Waals surface area contributed by atoms with Crippen LogP contribution in [0.4, 0.5) is 0 Å². The van der Waals surface area contributed by atoms with Crippen molar-refractivity contribution in [1.29, 1.82) is 0 Å². The van der Waals surface area contributed by atoms with E-state index in [0.717, 1.165) is 6.42 Å². The summed E-state index contributed by atoms with van der Waals surface area (Å²) in [6, 6.07) is 14.8. The molecule has 0 saturated heterocycles. The molecular weight excluding hydrogens is 250 g/mol. The molecule has 20 heavy (non-hydrogen) atoms. The van der Waals surface area contributed by atoms with Crippen LogP contribution in [-0.4, -0.2) is 25.7 Å². The van der Waals surface area contributed by atoms with Crippen molar-refractivity contribution in [1.82, 2.24) is 5.32 Å². The van der Waals surface area contributed by atoms with Crippen LogP contribution in [0, 0.1) is 0 Å². The molecule has 0 bridgehead atoms. The van der Waals surface area contributed by atoms with Crippen molar-refractivity contribution >= 4 is 16.7 Å². The Bertz CT molecular complexity index is 580. The van der Waals surface area contributed by atoms with E-state index < -0.39 is 0 Å². The molecule has 1 unspecified atom stereocenters. The summed E-state index contributed by atoms with van der Waals surface area (Å²) in [6.07, 6.45) is 1.22. The highest BCUT2D eigenvalue weighted by Gasteiger charge is 2.13. The summed E-state index contributed by atoms with van der Waals surface area (Å²) >= 11 is 0. The van der Waals surface area contributed by atoms with Gasteiger partial charge in [0, 0.05) is 6.04 Å². The Balaban J connectivity index is 2.07. The Labute approximate surface area is 119 Å². The van der Waals surface area contributed by atoms with Crippen molar-refractivity contribution in [2.75, 3.05) is 13.7 Å². The summed E-state index contributed by atoms with van der Waals surface area (Å²) in [7, 11) is 1.88. The smallest absolute Gasteiger partial charge is 0.307 e. The molecule has 2 rings (SSSR count). The minimum absolute atomic E-state index is 0.107. The van der Waals surface area contributed by atoms with Crippen LogP contribution in [0.2, 0.25) is 0 Å². The first-order chi connectivity index (χ1) is 9.72. The maximum absolute atomic E-state index is 11.6. The second kappa shape index (κ2) is 7.06. The van der Waals surface area contributed by atoms with Gasteiger partial charge in [0.1, 0.15) is 0 Å². The lowest BCUT2D eigenvalue weighted by Gasteiger charge is -2.15. The summed E-state index contributed by atoms with van der Waals surface area (Å²) in [5.74, 6) is -0.146. The van der Waals surface area contributed by atoms with Gasteiger partial charge in [0.05, 0.1) is 13.0 Å². The van der Waals surface area contributed by atoms with Crippen molar-refractivity contribution in [3.63, 3.8) is 0 Å². The van der Waals surface area contributed by atoms with E-state index in [2.05, 4.69) is 35.6 Å². The third kappa shape index (κ3) is 3.81. The Morgan fingerprint density at radius 1 is 1.20 bits per heavy atom. The number of carbonyl (C=O) groups is 1. The lowest BCUT2D eigenvalue weighted by Crippen LogP contribution is -2.31. The fraction of sp³-hybridized carbons (Fsp3) is 0.353. The molecule has 0 amide bonds. The van der Waals surface area contributed by atoms with Crippen molar-refractivity contribution in [3.8, 4) is 0 Å². The molecule has 0 spiro atoms. The van der Waals surface area contributed by atoms with Gasteiger partial charge >= 0.3 is 5.97 Å². The number of benzene rings is 2. The third-order valence-corrected chi connectivity index (χ3v) is 3.42. The van der Waals surface area contributed by atoms with E-state index in [0.29, 0.717) is 13.0 Å². The zero-order valence-corrected chi connectivity index (χ0v) is 12.1. The molecule has 0 heterocycles. The average Bonchev–Trinajstić information content (AvgIpc) is 2.46. The monoisotopic (exact) mass is 271 g/mol. The van der Waals surface area contributed by atoms with Gasteiger partial charge < -0.3 is 10.1 Å². The molecule has 0 saturated carbocycles. The molecule has 2 aromatic carbocycles. The maximum Gasteiger partial charge on any atom is 0.307 e. The zero-order valence-electron chi connectivity index (χ0n) is 12.1. The lowest BCUT2D eigenvalue weighted by molar-refractivity contribution is -0.143. The molecule has 0 aliphatic heterocycles. The highest BCUT2D eigenvalue weighted by molar-refractivity contribution is 5.83. The fourth-order valence-corrected chi connectivity index (χ4v) is 2.35. The van der Waals surface area contributed by atoms with Gasteiger partial charge in [-0.25, -0.2) is 0 Å². The number of rotatable bonds is 6. The molecule has 0 aliphatic rings. The normalized spacial score (nSPS) is 12.3. The van der Waals surface area contributed by atoms with Crippen LogP contribution in [0.25, 0.3) is 10.8 Å². The lowest BCUT2D eigenvalue weighted by atomic mass is 10.00. The van der Waals surface area contributed by atoms with Gasteiger partial charge in [-0.2, -0.15) is 0 Å². The topological polar surface area (TPSA) is 38.3 Å². The maximum atomic E-state index is 11.6. The van der Waals surface area contributed by atoms with Crippen LogP contribution in [0.15, 0.2) is 42.5 Å². The quantitative estimate of drug-likeness (QED) is 0.821. The van der Waals surface area contributed by atoms with Crippen LogP contribution in [0.1, 0.15) is 18.9 Å². The van der Waals surface area contributed by atoms with Crippen molar-refractivity contribution < 1.29 is 9.53 Å². The van der Waals surface area contributed by atoms with Gasteiger partial charge in [-0.1, -0.05) is 42.5 Å². The van der Waals surface area contributed by atoms with Gasteiger partial charge in [0.2, 0.25) is 0 Å². The standard InChI is InChI=1S/C17H21NO2/c1-3-20-17(19)12-16(18-2)11-13-8-9-14-6-4-5-7-15(14)10-13/h4-10,16,18H,3,11-12H2,1-2H3. The number of ether oxygens (including phenoxy) is 1. The number of likely N-dealkylation sites (N-methyl/N-ethyl adjacent to an activating group) is 1. The van der Waals surface area contributed by atoms with E-state index in [-0.39, 0.29) is 12.0 Å². The predicted octanol–water partition coefficient (Wildman–Crippen LogP) is 2.92. The number of esters is 1. The molecule has 2 aromatic rings. The highest BCUT2D eigenvalue weighted by atomic mass is 16.5. The second-order valence-electron chi connectivity index (χ2n) is 4.88. The largest absolute Gasteiger partial charge is 0.466 e. The summed E-state index contributed by atoms with van der Waals surface area (Å²) in [5.41, 5.74) is 1.23. The summed E-state index contributed by atoms with van der Waals surface area (Å²) in [5, 5.41) is 5.66. The first-order valence-corrected chi connectivity index (χ1v) is 7.03. The molecule has 0 aromatic heterocycles. The van der Waals surface area contributed by atoms with Gasteiger partial charge in [-0.15, -0.1) is 0 Å². The van der Waals surface area contributed by atoms with E-state index in [1.165, 1.54) is 16.3 Å². The molecular formula is C17H21NO2. The van der Waals surface area contributed by atoms with E-state index in [1.54, 1.807) is 0 Å². The minimum atomic E-state index is -0.146. The van der Waals surface area contributed by atoms with Crippen LogP contribution in [-0.2, 0) is 16.0 Å². The number of hydrogen-bond donors (Lipinski definition) is 1. The number of hydrogen-bond acceptors (Lipinski definition) is 3. The van der Waals surface area contributed by atoms with E-state index in [9.17, 15) is 4.79 Å². The third-order valence-electron chi connectivity index (χ3n) is 3.42. The van der Waals surface area contributed by atoms with E-state index >= 15 is 0 Å².